The number of carbonyl (C=O) groups excluding carboxylic acids is 1. The first-order chi connectivity index (χ1) is 8.59. The molecule has 4 nitrogen and oxygen atoms in total. The Morgan fingerprint density at radius 2 is 1.94 bits per heavy atom. The molecule has 0 saturated heterocycles. The number of ketones is 1. The third-order valence-corrected chi connectivity index (χ3v) is 3.86. The average Bonchev–Trinajstić information content (AvgIpc) is 2.53. The molecule has 0 heterocycles. The van der Waals surface area contributed by atoms with Crippen molar-refractivity contribution in [2.75, 3.05) is 0 Å². The second-order valence-corrected chi connectivity index (χ2v) is 4.99. The van der Waals surface area contributed by atoms with Gasteiger partial charge in [0.1, 0.15) is 0 Å². The van der Waals surface area contributed by atoms with E-state index in [1.54, 1.807) is 24.3 Å². The summed E-state index contributed by atoms with van der Waals surface area (Å²) in [5.74, 6) is -0.321. The summed E-state index contributed by atoms with van der Waals surface area (Å²) in [7, 11) is 0. The van der Waals surface area contributed by atoms with Crippen LogP contribution in [0.3, 0.4) is 0 Å². The van der Waals surface area contributed by atoms with Gasteiger partial charge in [-0.05, 0) is 25.0 Å². The second-order valence-electron chi connectivity index (χ2n) is 4.58. The van der Waals surface area contributed by atoms with Crippen molar-refractivity contribution in [3.8, 4) is 0 Å². The minimum Gasteiger partial charge on any atom is -0.291 e. The number of Topliss-reactive ketones (excluding diaryl/α,β-unsaturated/α-hetero) is 1. The van der Waals surface area contributed by atoms with Crippen LogP contribution in [0.4, 0.5) is 0 Å². The summed E-state index contributed by atoms with van der Waals surface area (Å²) in [5, 5.41) is 11.8. The van der Waals surface area contributed by atoms with Crippen LogP contribution < -0.4 is 0 Å². The van der Waals surface area contributed by atoms with Crippen LogP contribution in [0.5, 0.6) is 0 Å². The molecule has 1 fully saturated rings. The van der Waals surface area contributed by atoms with Gasteiger partial charge in [-0.3, -0.25) is 14.9 Å². The van der Waals surface area contributed by atoms with E-state index in [1.165, 1.54) is 0 Å². The third kappa shape index (κ3) is 2.01. The Bertz CT molecular complexity index is 489. The van der Waals surface area contributed by atoms with Gasteiger partial charge in [-0.15, -0.1) is 0 Å². The zero-order valence-corrected chi connectivity index (χ0v) is 10.7. The zero-order chi connectivity index (χ0) is 13.2. The molecule has 0 N–H and O–H groups in total. The summed E-state index contributed by atoms with van der Waals surface area (Å²) in [6, 6.07) is 6.58. The van der Waals surface area contributed by atoms with Crippen LogP contribution in [-0.2, 0) is 10.3 Å². The van der Waals surface area contributed by atoms with Crippen LogP contribution >= 0.6 is 11.6 Å². The van der Waals surface area contributed by atoms with Gasteiger partial charge in [0.05, 0.1) is 10.6 Å². The highest BCUT2D eigenvalue weighted by molar-refractivity contribution is 6.31. The predicted molar refractivity (Wildman–Crippen MR) is 68.2 cm³/mol. The molecule has 96 valence electrons. The molecule has 18 heavy (non-hydrogen) atoms. The molecule has 1 aliphatic carbocycles. The minimum absolute atomic E-state index is 0.239. The van der Waals surface area contributed by atoms with E-state index >= 15 is 0 Å². The van der Waals surface area contributed by atoms with Crippen LogP contribution in [-0.4, -0.2) is 10.7 Å². The Kier molecular flexibility index (Phi) is 3.66. The van der Waals surface area contributed by atoms with Crippen LogP contribution in [0.25, 0.3) is 0 Å². The van der Waals surface area contributed by atoms with Crippen LogP contribution in [0.15, 0.2) is 24.3 Å². The molecule has 1 aromatic carbocycles. The van der Waals surface area contributed by atoms with E-state index in [1.807, 2.05) is 0 Å². The number of benzene rings is 1. The van der Waals surface area contributed by atoms with Crippen molar-refractivity contribution >= 4 is 17.4 Å². The van der Waals surface area contributed by atoms with Gasteiger partial charge in [0, 0.05) is 17.8 Å². The molecule has 1 aliphatic rings. The maximum atomic E-state index is 12.2. The number of carbonyl (C=O) groups is 1. The second kappa shape index (κ2) is 5.06. The van der Waals surface area contributed by atoms with E-state index in [0.717, 1.165) is 12.8 Å². The topological polar surface area (TPSA) is 60.2 Å². The fraction of sp³-hybridized carbons (Fsp3) is 0.462. The molecule has 0 radical (unpaired) electrons. The molecule has 1 atom stereocenters. The molecule has 1 aromatic rings. The van der Waals surface area contributed by atoms with Gasteiger partial charge in [0.2, 0.25) is 5.78 Å². The Labute approximate surface area is 110 Å². The van der Waals surface area contributed by atoms with E-state index in [-0.39, 0.29) is 18.6 Å². The van der Waals surface area contributed by atoms with Crippen LogP contribution in [0.1, 0.15) is 37.7 Å². The lowest BCUT2D eigenvalue weighted by Gasteiger charge is -2.23. The van der Waals surface area contributed by atoms with Crippen LogP contribution in [0.2, 0.25) is 5.02 Å². The molecule has 5 heteroatoms. The molecule has 0 aliphatic heterocycles. The lowest BCUT2D eigenvalue weighted by atomic mass is 9.82. The molecule has 0 aromatic heterocycles. The molecule has 1 unspecified atom stereocenters. The zero-order valence-electron chi connectivity index (χ0n) is 9.89. The SMILES string of the molecule is O=C1CCCCCC1(c1ccccc1Cl)[N+](=O)[O-]. The number of halogens is 1. The predicted octanol–water partition coefficient (Wildman–Crippen LogP) is 3.35. The van der Waals surface area contributed by atoms with E-state index in [4.69, 9.17) is 11.6 Å². The summed E-state index contributed by atoms with van der Waals surface area (Å²) in [4.78, 5) is 23.3. The molecule has 0 spiro atoms. The number of nitro groups is 1. The van der Waals surface area contributed by atoms with Gasteiger partial charge in [-0.1, -0.05) is 30.2 Å². The fourth-order valence-electron chi connectivity index (χ4n) is 2.56. The van der Waals surface area contributed by atoms with E-state index in [0.29, 0.717) is 17.0 Å². The summed E-state index contributed by atoms with van der Waals surface area (Å²) < 4.78 is 0. The van der Waals surface area contributed by atoms with Crippen molar-refractivity contribution in [2.45, 2.75) is 37.6 Å². The largest absolute Gasteiger partial charge is 0.305 e. The summed E-state index contributed by atoms with van der Waals surface area (Å²) in [6.45, 7) is 0. The maximum absolute atomic E-state index is 12.2. The molecule has 0 amide bonds. The number of rotatable bonds is 2. The third-order valence-electron chi connectivity index (χ3n) is 3.53. The van der Waals surface area contributed by atoms with Gasteiger partial charge in [-0.25, -0.2) is 0 Å². The van der Waals surface area contributed by atoms with Gasteiger partial charge in [0.15, 0.2) is 0 Å². The highest BCUT2D eigenvalue weighted by Gasteiger charge is 2.53. The molecule has 1 saturated carbocycles. The number of hydrogen-bond acceptors (Lipinski definition) is 3. The fourth-order valence-corrected chi connectivity index (χ4v) is 2.85. The first kappa shape index (κ1) is 13.0. The highest BCUT2D eigenvalue weighted by atomic mass is 35.5. The van der Waals surface area contributed by atoms with Gasteiger partial charge in [0.25, 0.3) is 0 Å². The first-order valence-electron chi connectivity index (χ1n) is 6.02. The van der Waals surface area contributed by atoms with Gasteiger partial charge < -0.3 is 0 Å². The quantitative estimate of drug-likeness (QED) is 0.469. The Hall–Kier alpha value is -1.42. The van der Waals surface area contributed by atoms with Crippen molar-refractivity contribution in [3.63, 3.8) is 0 Å². The molecular weight excluding hydrogens is 254 g/mol. The van der Waals surface area contributed by atoms with E-state index in [9.17, 15) is 14.9 Å². The molecule has 2 rings (SSSR count). The van der Waals surface area contributed by atoms with Crippen molar-refractivity contribution in [3.05, 3.63) is 45.0 Å². The number of hydrogen-bond donors (Lipinski definition) is 0. The average molecular weight is 268 g/mol. The van der Waals surface area contributed by atoms with E-state index in [2.05, 4.69) is 0 Å². The summed E-state index contributed by atoms with van der Waals surface area (Å²) in [5.41, 5.74) is -1.31. The number of nitrogens with zero attached hydrogens (tertiary/aromatic N) is 1. The monoisotopic (exact) mass is 267 g/mol. The Balaban J connectivity index is 2.59. The maximum Gasteiger partial charge on any atom is 0.305 e. The Morgan fingerprint density at radius 1 is 1.22 bits per heavy atom. The minimum atomic E-state index is -1.64. The lowest BCUT2D eigenvalue weighted by molar-refractivity contribution is -0.562. The summed E-state index contributed by atoms with van der Waals surface area (Å²) in [6.07, 6.45) is 2.75. The van der Waals surface area contributed by atoms with E-state index < -0.39 is 10.5 Å². The van der Waals surface area contributed by atoms with Crippen LogP contribution in [0, 0.1) is 10.1 Å². The normalized spacial score (nSPS) is 24.6. The van der Waals surface area contributed by atoms with Gasteiger partial charge in [-0.2, -0.15) is 0 Å². The molecule has 0 bridgehead atoms. The van der Waals surface area contributed by atoms with Gasteiger partial charge >= 0.3 is 5.54 Å². The summed E-state index contributed by atoms with van der Waals surface area (Å²) >= 11 is 6.05. The molecular formula is C13H14ClNO3. The highest BCUT2D eigenvalue weighted by Crippen LogP contribution is 2.39. The van der Waals surface area contributed by atoms with Crippen molar-refractivity contribution in [2.24, 2.45) is 0 Å². The van der Waals surface area contributed by atoms with Crippen molar-refractivity contribution in [1.82, 2.24) is 0 Å². The lowest BCUT2D eigenvalue weighted by Crippen LogP contribution is -2.43. The van der Waals surface area contributed by atoms with Crippen molar-refractivity contribution in [1.29, 1.82) is 0 Å². The first-order valence-corrected chi connectivity index (χ1v) is 6.39. The smallest absolute Gasteiger partial charge is 0.291 e. The standard InChI is InChI=1S/C13H14ClNO3/c14-11-7-4-3-6-10(11)13(15(17)18)9-5-1-2-8-12(13)16/h3-4,6-7H,1-2,5,8-9H2. The van der Waals surface area contributed by atoms with Crippen molar-refractivity contribution < 1.29 is 9.72 Å². The Morgan fingerprint density at radius 3 is 2.61 bits per heavy atom.